The monoisotopic (exact) mass is 573 g/mol. The van der Waals surface area contributed by atoms with Gasteiger partial charge in [-0.1, -0.05) is 102 Å². The number of carbonyl (C=O) groups is 1. The molecule has 1 aliphatic heterocycles. The summed E-state index contributed by atoms with van der Waals surface area (Å²) >= 11 is 1.56. The molecule has 0 bridgehead atoms. The fraction of sp³-hybridized carbons (Fsp3) is 0.147. The van der Waals surface area contributed by atoms with Crippen LogP contribution in [-0.2, 0) is 17.2 Å². The minimum absolute atomic E-state index is 0.199. The number of aromatic nitrogens is 3. The van der Waals surface area contributed by atoms with Crippen molar-refractivity contribution in [3.8, 4) is 5.75 Å². The summed E-state index contributed by atoms with van der Waals surface area (Å²) in [5.41, 5.74) is 6.44. The molecular formula is C34H31N5O2S. The van der Waals surface area contributed by atoms with Gasteiger partial charge in [-0.3, -0.25) is 4.79 Å². The largest absolute Gasteiger partial charge is 0.489 e. The van der Waals surface area contributed by atoms with E-state index in [0.29, 0.717) is 23.3 Å². The molecule has 2 heterocycles. The highest BCUT2D eigenvalue weighted by Crippen LogP contribution is 2.37. The van der Waals surface area contributed by atoms with Crippen molar-refractivity contribution in [3.63, 3.8) is 0 Å². The molecule has 0 saturated heterocycles. The van der Waals surface area contributed by atoms with Crippen LogP contribution in [0.3, 0.4) is 0 Å². The van der Waals surface area contributed by atoms with Crippen molar-refractivity contribution in [2.75, 3.05) is 10.6 Å². The lowest BCUT2D eigenvalue weighted by Gasteiger charge is -2.28. The zero-order valence-corrected chi connectivity index (χ0v) is 24.3. The summed E-state index contributed by atoms with van der Waals surface area (Å²) in [5.74, 6) is 1.90. The van der Waals surface area contributed by atoms with E-state index in [1.807, 2.05) is 90.5 Å². The average Bonchev–Trinajstić information content (AvgIpc) is 3.42. The molecule has 0 saturated carbocycles. The van der Waals surface area contributed by atoms with E-state index in [1.54, 1.807) is 11.8 Å². The van der Waals surface area contributed by atoms with Crippen LogP contribution >= 0.6 is 11.8 Å². The normalized spacial score (nSPS) is 14.2. The number of hydrogen-bond donors (Lipinski definition) is 2. The quantitative estimate of drug-likeness (QED) is 0.179. The number of anilines is 2. The van der Waals surface area contributed by atoms with Crippen LogP contribution in [0.25, 0.3) is 0 Å². The van der Waals surface area contributed by atoms with E-state index in [4.69, 9.17) is 14.8 Å². The Morgan fingerprint density at radius 3 is 2.36 bits per heavy atom. The van der Waals surface area contributed by atoms with E-state index in [-0.39, 0.29) is 5.91 Å². The maximum absolute atomic E-state index is 13.7. The van der Waals surface area contributed by atoms with E-state index in [1.165, 1.54) is 11.1 Å². The fourth-order valence-corrected chi connectivity index (χ4v) is 5.74. The van der Waals surface area contributed by atoms with Crippen LogP contribution in [0.5, 0.6) is 5.75 Å². The topological polar surface area (TPSA) is 81.1 Å². The van der Waals surface area contributed by atoms with Crippen molar-refractivity contribution >= 4 is 29.3 Å². The number of nitrogens with zero attached hydrogens (tertiary/aromatic N) is 3. The molecule has 6 rings (SSSR count). The second-order valence-electron chi connectivity index (χ2n) is 10.2. The summed E-state index contributed by atoms with van der Waals surface area (Å²) in [6.45, 7) is 4.46. The zero-order valence-electron chi connectivity index (χ0n) is 23.5. The van der Waals surface area contributed by atoms with Crippen LogP contribution < -0.4 is 15.4 Å². The SMILES string of the molecule is CC1=C(C(=O)Nc2ccccc2)C(c2ccc(OCc3cccc(C)c3)cc2)n2nc(SCc3ccccc3)nc2N1. The molecule has 210 valence electrons. The highest BCUT2D eigenvalue weighted by molar-refractivity contribution is 7.98. The van der Waals surface area contributed by atoms with E-state index < -0.39 is 6.04 Å². The molecule has 0 spiro atoms. The number of benzene rings is 4. The first-order valence-electron chi connectivity index (χ1n) is 13.8. The summed E-state index contributed by atoms with van der Waals surface area (Å²) in [5, 5.41) is 11.9. The Kier molecular flexibility index (Phi) is 8.05. The Hall–Kier alpha value is -4.82. The van der Waals surface area contributed by atoms with Gasteiger partial charge in [0.05, 0.1) is 5.57 Å². The molecule has 0 fully saturated rings. The molecule has 1 atom stereocenters. The Bertz CT molecular complexity index is 1720. The summed E-state index contributed by atoms with van der Waals surface area (Å²) in [6, 6.07) is 35.4. The Morgan fingerprint density at radius 1 is 0.905 bits per heavy atom. The van der Waals surface area contributed by atoms with E-state index in [2.05, 4.69) is 47.9 Å². The first-order chi connectivity index (χ1) is 20.5. The number of hydrogen-bond acceptors (Lipinski definition) is 6. The van der Waals surface area contributed by atoms with Gasteiger partial charge in [0.2, 0.25) is 11.1 Å². The van der Waals surface area contributed by atoms with Gasteiger partial charge < -0.3 is 15.4 Å². The first kappa shape index (κ1) is 27.4. The average molecular weight is 574 g/mol. The van der Waals surface area contributed by atoms with Crippen molar-refractivity contribution in [2.24, 2.45) is 0 Å². The second-order valence-corrected chi connectivity index (χ2v) is 11.1. The van der Waals surface area contributed by atoms with Crippen LogP contribution in [0.1, 0.15) is 35.2 Å². The highest BCUT2D eigenvalue weighted by atomic mass is 32.2. The van der Waals surface area contributed by atoms with Crippen molar-refractivity contribution in [2.45, 2.75) is 37.4 Å². The molecule has 4 aromatic carbocycles. The maximum atomic E-state index is 13.7. The van der Waals surface area contributed by atoms with Gasteiger partial charge in [0, 0.05) is 17.1 Å². The molecule has 1 amide bonds. The number of ether oxygens (including phenoxy) is 1. The summed E-state index contributed by atoms with van der Waals surface area (Å²) in [7, 11) is 0. The lowest BCUT2D eigenvalue weighted by molar-refractivity contribution is -0.113. The van der Waals surface area contributed by atoms with Gasteiger partial charge in [-0.25, -0.2) is 4.68 Å². The molecule has 2 N–H and O–H groups in total. The number of aryl methyl sites for hydroxylation is 1. The Labute approximate surface area is 249 Å². The van der Waals surface area contributed by atoms with Gasteiger partial charge in [0.25, 0.3) is 5.91 Å². The molecule has 7 nitrogen and oxygen atoms in total. The number of rotatable bonds is 9. The summed E-state index contributed by atoms with van der Waals surface area (Å²) < 4.78 is 7.88. The molecule has 1 unspecified atom stereocenters. The number of nitrogens with one attached hydrogen (secondary N) is 2. The predicted molar refractivity (Wildman–Crippen MR) is 168 cm³/mol. The van der Waals surface area contributed by atoms with Gasteiger partial charge in [-0.05, 0) is 54.8 Å². The number of allylic oxidation sites excluding steroid dienone is 1. The zero-order chi connectivity index (χ0) is 28.9. The van der Waals surface area contributed by atoms with Crippen molar-refractivity contribution < 1.29 is 9.53 Å². The molecule has 1 aromatic heterocycles. The number of amides is 1. The minimum atomic E-state index is -0.477. The van der Waals surface area contributed by atoms with E-state index in [9.17, 15) is 4.79 Å². The summed E-state index contributed by atoms with van der Waals surface area (Å²) in [4.78, 5) is 18.5. The first-order valence-corrected chi connectivity index (χ1v) is 14.8. The molecule has 0 radical (unpaired) electrons. The lowest BCUT2D eigenvalue weighted by atomic mass is 9.95. The van der Waals surface area contributed by atoms with Gasteiger partial charge >= 0.3 is 0 Å². The van der Waals surface area contributed by atoms with Crippen molar-refractivity contribution in [1.82, 2.24) is 14.8 Å². The number of para-hydroxylation sites is 1. The Morgan fingerprint density at radius 2 is 1.62 bits per heavy atom. The van der Waals surface area contributed by atoms with Crippen molar-refractivity contribution in [1.29, 1.82) is 0 Å². The van der Waals surface area contributed by atoms with Crippen LogP contribution in [0.15, 0.2) is 126 Å². The lowest BCUT2D eigenvalue weighted by Crippen LogP contribution is -2.31. The van der Waals surface area contributed by atoms with Gasteiger partial charge in [0.15, 0.2) is 0 Å². The third kappa shape index (κ3) is 6.24. The highest BCUT2D eigenvalue weighted by Gasteiger charge is 2.34. The second kappa shape index (κ2) is 12.4. The van der Waals surface area contributed by atoms with Gasteiger partial charge in [-0.2, -0.15) is 4.98 Å². The smallest absolute Gasteiger partial charge is 0.255 e. The third-order valence-electron chi connectivity index (χ3n) is 7.00. The molecule has 5 aromatic rings. The number of thioether (sulfide) groups is 1. The fourth-order valence-electron chi connectivity index (χ4n) is 4.95. The standard InChI is InChI=1S/C34H31N5O2S/c1-23-10-9-13-26(20-23)21-41-29-18-16-27(17-19-29)31-30(32(40)36-28-14-7-4-8-15-28)24(2)35-33-37-34(38-39(31)33)42-22-25-11-5-3-6-12-25/h3-20,31H,21-22H2,1-2H3,(H,36,40)(H,35,37,38). The maximum Gasteiger partial charge on any atom is 0.255 e. The minimum Gasteiger partial charge on any atom is -0.489 e. The van der Waals surface area contributed by atoms with E-state index >= 15 is 0 Å². The number of fused-ring (bicyclic) bond motifs is 1. The third-order valence-corrected chi connectivity index (χ3v) is 7.91. The van der Waals surface area contributed by atoms with Crippen molar-refractivity contribution in [3.05, 3.63) is 143 Å². The van der Waals surface area contributed by atoms with Crippen LogP contribution in [0.2, 0.25) is 0 Å². The van der Waals surface area contributed by atoms with E-state index in [0.717, 1.165) is 34.0 Å². The van der Waals surface area contributed by atoms with Gasteiger partial charge in [0.1, 0.15) is 18.4 Å². The van der Waals surface area contributed by atoms with Crippen LogP contribution in [0, 0.1) is 6.92 Å². The molecule has 0 aliphatic carbocycles. The van der Waals surface area contributed by atoms with Gasteiger partial charge in [-0.15, -0.1) is 5.10 Å². The predicted octanol–water partition coefficient (Wildman–Crippen LogP) is 7.39. The molecule has 8 heteroatoms. The van der Waals surface area contributed by atoms with Crippen LogP contribution in [0.4, 0.5) is 11.6 Å². The summed E-state index contributed by atoms with van der Waals surface area (Å²) in [6.07, 6.45) is 0. The van der Waals surface area contributed by atoms with Crippen LogP contribution in [-0.4, -0.2) is 20.7 Å². The number of carbonyl (C=O) groups excluding carboxylic acids is 1. The molecule has 42 heavy (non-hydrogen) atoms. The molecule has 1 aliphatic rings. The molecular weight excluding hydrogens is 542 g/mol. The Balaban J connectivity index is 1.29.